The summed E-state index contributed by atoms with van der Waals surface area (Å²) >= 11 is 0. The second kappa shape index (κ2) is 7.99. The van der Waals surface area contributed by atoms with Crippen LogP contribution in [-0.2, 0) is 14.2 Å². The molecule has 0 spiro atoms. The zero-order valence-corrected chi connectivity index (χ0v) is 11.9. The third-order valence-corrected chi connectivity index (χ3v) is 3.72. The van der Waals surface area contributed by atoms with Crippen LogP contribution in [0.5, 0.6) is 0 Å². The average molecular weight is 320 g/mol. The highest BCUT2D eigenvalue weighted by molar-refractivity contribution is 4.84. The fourth-order valence-electron chi connectivity index (χ4n) is 2.63. The molecular weight excluding hydrogens is 300 g/mol. The molecule has 2 aliphatic rings. The van der Waals surface area contributed by atoms with E-state index >= 15 is 0 Å². The van der Waals surface area contributed by atoms with Gasteiger partial charge < -0.3 is 29.5 Å². The third kappa shape index (κ3) is 4.48. The van der Waals surface area contributed by atoms with Crippen LogP contribution >= 0.6 is 0 Å². The number of aliphatic hydroxyl groups is 3. The Bertz CT molecular complexity index is 384. The zero-order chi connectivity index (χ0) is 16.1. The Morgan fingerprint density at radius 2 is 1.64 bits per heavy atom. The molecular formula is C12H20N2O8. The molecule has 10 heteroatoms. The van der Waals surface area contributed by atoms with Crippen LogP contribution in [0.4, 0.5) is 0 Å². The molecule has 2 fully saturated rings. The molecule has 0 bridgehead atoms. The first kappa shape index (κ1) is 17.3. The summed E-state index contributed by atoms with van der Waals surface area (Å²) in [6, 6.07) is 0. The highest BCUT2D eigenvalue weighted by Gasteiger charge is 2.39. The predicted octanol–water partition coefficient (Wildman–Crippen LogP) is -0.761. The molecule has 0 aliphatic carbocycles. The van der Waals surface area contributed by atoms with E-state index in [1.54, 1.807) is 0 Å². The minimum absolute atomic E-state index is 0.0108. The minimum Gasteiger partial charge on any atom is -0.393 e. The zero-order valence-electron chi connectivity index (χ0n) is 11.9. The number of ether oxygens (including phenoxy) is 3. The summed E-state index contributed by atoms with van der Waals surface area (Å²) in [5.74, 6) is 0. The van der Waals surface area contributed by atoms with E-state index in [1.165, 1.54) is 0 Å². The van der Waals surface area contributed by atoms with E-state index in [1.807, 2.05) is 0 Å². The maximum Gasteiger partial charge on any atom is 0.163 e. The lowest BCUT2D eigenvalue weighted by molar-refractivity contribution is -0.317. The summed E-state index contributed by atoms with van der Waals surface area (Å²) in [5, 5.41) is 34.6. The van der Waals surface area contributed by atoms with Crippen molar-refractivity contribution in [3.05, 3.63) is 9.81 Å². The topological polar surface area (TPSA) is 147 Å². The van der Waals surface area contributed by atoms with E-state index in [-0.39, 0.29) is 32.4 Å². The molecule has 0 aromatic rings. The number of aliphatic hydroxyl groups excluding tert-OH is 3. The van der Waals surface area contributed by atoms with Crippen molar-refractivity contribution in [1.82, 2.24) is 0 Å². The standard InChI is InChI=1S/C12H20N2O8/c15-6-1-7(4-13-18)20-10(2-6)22-11-3-8(16)12(17)9(21-11)5-14-19/h6-12,15-17H,1-5H2/t6-,7?,8+,9?,10?,11+,12-/m0/s1. The quantitative estimate of drug-likeness (QED) is 0.541. The molecule has 10 nitrogen and oxygen atoms in total. The van der Waals surface area contributed by atoms with Crippen LogP contribution in [-0.4, -0.2) is 71.5 Å². The van der Waals surface area contributed by atoms with Crippen LogP contribution < -0.4 is 0 Å². The molecule has 2 rings (SSSR count). The summed E-state index contributed by atoms with van der Waals surface area (Å²) < 4.78 is 16.4. The summed E-state index contributed by atoms with van der Waals surface area (Å²) in [4.78, 5) is 20.6. The molecule has 3 unspecified atom stereocenters. The van der Waals surface area contributed by atoms with Crippen LogP contribution in [0.2, 0.25) is 0 Å². The first-order chi connectivity index (χ1) is 10.5. The van der Waals surface area contributed by atoms with Gasteiger partial charge in [0, 0.05) is 19.3 Å². The van der Waals surface area contributed by atoms with Crippen LogP contribution in [0.15, 0.2) is 10.4 Å². The number of nitrogens with zero attached hydrogens (tertiary/aromatic N) is 2. The summed E-state index contributed by atoms with van der Waals surface area (Å²) in [6.45, 7) is -0.411. The Morgan fingerprint density at radius 1 is 0.955 bits per heavy atom. The van der Waals surface area contributed by atoms with Crippen LogP contribution in [0.1, 0.15) is 19.3 Å². The molecule has 7 atom stereocenters. The van der Waals surface area contributed by atoms with Crippen molar-refractivity contribution in [2.75, 3.05) is 13.1 Å². The second-order valence-corrected chi connectivity index (χ2v) is 5.47. The Hall–Kier alpha value is -1.04. The van der Waals surface area contributed by atoms with E-state index in [2.05, 4.69) is 10.4 Å². The van der Waals surface area contributed by atoms with Gasteiger partial charge in [-0.1, -0.05) is 10.4 Å². The monoisotopic (exact) mass is 320 g/mol. The van der Waals surface area contributed by atoms with Gasteiger partial charge in [0.1, 0.15) is 25.3 Å². The van der Waals surface area contributed by atoms with Crippen LogP contribution in [0, 0.1) is 9.81 Å². The predicted molar refractivity (Wildman–Crippen MR) is 71.6 cm³/mol. The Morgan fingerprint density at radius 3 is 2.32 bits per heavy atom. The largest absolute Gasteiger partial charge is 0.393 e. The summed E-state index contributed by atoms with van der Waals surface area (Å²) in [7, 11) is 0. The van der Waals surface area contributed by atoms with Gasteiger partial charge in [-0.2, -0.15) is 9.81 Å². The Balaban J connectivity index is 1.91. The summed E-state index contributed by atoms with van der Waals surface area (Å²) in [5.41, 5.74) is 0. The van der Waals surface area contributed by atoms with Crippen LogP contribution in [0.3, 0.4) is 0 Å². The fourth-order valence-corrected chi connectivity index (χ4v) is 2.63. The van der Waals surface area contributed by atoms with Crippen molar-refractivity contribution in [2.45, 2.75) is 62.4 Å². The molecule has 3 N–H and O–H groups in total. The third-order valence-electron chi connectivity index (χ3n) is 3.72. The molecule has 0 saturated carbocycles. The number of nitroso groups, excluding NO2 is 2. The Kier molecular flexibility index (Phi) is 6.29. The molecule has 2 saturated heterocycles. The number of rotatable bonds is 6. The van der Waals surface area contributed by atoms with Crippen molar-refractivity contribution in [2.24, 2.45) is 10.4 Å². The second-order valence-electron chi connectivity index (χ2n) is 5.47. The van der Waals surface area contributed by atoms with Gasteiger partial charge in [0.25, 0.3) is 0 Å². The van der Waals surface area contributed by atoms with Crippen molar-refractivity contribution in [1.29, 1.82) is 0 Å². The SMILES string of the molecule is O=NCC1C[C@H](O)CC(O[C@@H]2C[C@@H](O)[C@H](O)C(CN=O)O2)O1. The van der Waals surface area contributed by atoms with Gasteiger partial charge in [0.05, 0.1) is 18.3 Å². The first-order valence-corrected chi connectivity index (χ1v) is 7.12. The lowest BCUT2D eigenvalue weighted by Crippen LogP contribution is -2.51. The first-order valence-electron chi connectivity index (χ1n) is 7.12. The molecule has 22 heavy (non-hydrogen) atoms. The highest BCUT2D eigenvalue weighted by Crippen LogP contribution is 2.27. The molecule has 2 aliphatic heterocycles. The average Bonchev–Trinajstić information content (AvgIpc) is 2.44. The minimum atomic E-state index is -1.22. The van der Waals surface area contributed by atoms with Gasteiger partial charge in [-0.3, -0.25) is 0 Å². The lowest BCUT2D eigenvalue weighted by Gasteiger charge is -2.39. The van der Waals surface area contributed by atoms with Gasteiger partial charge in [-0.05, 0) is 0 Å². The van der Waals surface area contributed by atoms with Gasteiger partial charge in [-0.15, -0.1) is 0 Å². The smallest absolute Gasteiger partial charge is 0.163 e. The molecule has 0 radical (unpaired) electrons. The van der Waals surface area contributed by atoms with Crippen molar-refractivity contribution in [3.8, 4) is 0 Å². The Labute approximate surface area is 126 Å². The van der Waals surface area contributed by atoms with Crippen molar-refractivity contribution in [3.63, 3.8) is 0 Å². The maximum absolute atomic E-state index is 10.3. The number of hydrogen-bond acceptors (Lipinski definition) is 10. The molecule has 126 valence electrons. The molecule has 0 aromatic heterocycles. The van der Waals surface area contributed by atoms with E-state index in [4.69, 9.17) is 14.2 Å². The normalized spacial score (nSPS) is 42.8. The highest BCUT2D eigenvalue weighted by atomic mass is 16.8. The lowest BCUT2D eigenvalue weighted by atomic mass is 10.0. The number of hydrogen-bond donors (Lipinski definition) is 3. The fraction of sp³-hybridized carbons (Fsp3) is 1.00. The van der Waals surface area contributed by atoms with E-state index < -0.39 is 43.1 Å². The van der Waals surface area contributed by atoms with Crippen molar-refractivity contribution < 1.29 is 29.5 Å². The van der Waals surface area contributed by atoms with Gasteiger partial charge in [0.15, 0.2) is 12.6 Å². The molecule has 0 aromatic carbocycles. The van der Waals surface area contributed by atoms with E-state index in [9.17, 15) is 25.1 Å². The van der Waals surface area contributed by atoms with Crippen molar-refractivity contribution >= 4 is 0 Å². The summed E-state index contributed by atoms with van der Waals surface area (Å²) in [6.07, 6.45) is -5.82. The van der Waals surface area contributed by atoms with Gasteiger partial charge in [0.2, 0.25) is 0 Å². The molecule has 0 amide bonds. The maximum atomic E-state index is 10.3. The van der Waals surface area contributed by atoms with E-state index in [0.29, 0.717) is 0 Å². The van der Waals surface area contributed by atoms with Gasteiger partial charge in [-0.25, -0.2) is 0 Å². The molecule has 2 heterocycles. The van der Waals surface area contributed by atoms with E-state index in [0.717, 1.165) is 0 Å². The van der Waals surface area contributed by atoms with Crippen LogP contribution in [0.25, 0.3) is 0 Å². The van der Waals surface area contributed by atoms with Gasteiger partial charge >= 0.3 is 0 Å².